The molecule has 0 spiro atoms. The third kappa shape index (κ3) is 6.07. The maximum absolute atomic E-state index is 6.46. The van der Waals surface area contributed by atoms with E-state index < -0.39 is 0 Å². The van der Waals surface area contributed by atoms with Gasteiger partial charge in [-0.1, -0.05) is 37.6 Å². The summed E-state index contributed by atoms with van der Waals surface area (Å²) in [6.45, 7) is 10.3. The van der Waals surface area contributed by atoms with Crippen molar-refractivity contribution in [1.82, 2.24) is 4.90 Å². The van der Waals surface area contributed by atoms with E-state index in [1.54, 1.807) is 14.2 Å². The van der Waals surface area contributed by atoms with Gasteiger partial charge < -0.3 is 19.1 Å². The molecule has 2 aliphatic heterocycles. The van der Waals surface area contributed by atoms with Gasteiger partial charge in [0.2, 0.25) is 0 Å². The summed E-state index contributed by atoms with van der Waals surface area (Å²) in [5, 5.41) is 0.830. The highest BCUT2D eigenvalue weighted by Gasteiger charge is 2.31. The summed E-state index contributed by atoms with van der Waals surface area (Å²) in [6.07, 6.45) is 1.99. The minimum absolute atomic E-state index is 0. The maximum atomic E-state index is 6.46. The molecule has 0 amide bonds. The largest absolute Gasteiger partial charge is 0.493 e. The predicted octanol–water partition coefficient (Wildman–Crippen LogP) is 5.63. The molecule has 2 aromatic carbocycles. The van der Waals surface area contributed by atoms with Gasteiger partial charge in [0.15, 0.2) is 11.5 Å². The zero-order valence-electron chi connectivity index (χ0n) is 20.1. The number of para-hydroxylation sites is 1. The lowest BCUT2D eigenvalue weighted by Crippen LogP contribution is -2.47. The van der Waals surface area contributed by atoms with Gasteiger partial charge in [0.1, 0.15) is 0 Å². The molecule has 7 heteroatoms. The molecule has 4 rings (SSSR count). The van der Waals surface area contributed by atoms with Crippen molar-refractivity contribution in [1.29, 1.82) is 0 Å². The summed E-state index contributed by atoms with van der Waals surface area (Å²) in [6, 6.07) is 12.4. The number of piperazine rings is 1. The second kappa shape index (κ2) is 11.2. The first-order valence-electron chi connectivity index (χ1n) is 11.5. The topological polar surface area (TPSA) is 34.2 Å². The van der Waals surface area contributed by atoms with Crippen molar-refractivity contribution in [2.75, 3.05) is 58.5 Å². The molecule has 1 saturated heterocycles. The lowest BCUT2D eigenvalue weighted by molar-refractivity contribution is 0.000910. The van der Waals surface area contributed by atoms with Gasteiger partial charge in [-0.15, -0.1) is 12.4 Å². The van der Waals surface area contributed by atoms with Gasteiger partial charge in [-0.3, -0.25) is 4.90 Å². The number of nitrogens with zero attached hydrogens (tertiary/aromatic N) is 2. The van der Waals surface area contributed by atoms with E-state index in [1.165, 1.54) is 11.1 Å². The van der Waals surface area contributed by atoms with Crippen LogP contribution >= 0.6 is 24.0 Å². The van der Waals surface area contributed by atoms with Crippen LogP contribution in [0.1, 0.15) is 37.5 Å². The number of halogens is 2. The summed E-state index contributed by atoms with van der Waals surface area (Å²) in [7, 11) is 3.39. The molecule has 0 saturated carbocycles. The van der Waals surface area contributed by atoms with E-state index >= 15 is 0 Å². The molecule has 0 aromatic heterocycles. The minimum Gasteiger partial charge on any atom is -0.493 e. The molecule has 5 nitrogen and oxygen atoms in total. The maximum Gasteiger partial charge on any atom is 0.161 e. The van der Waals surface area contributed by atoms with Crippen LogP contribution in [0.2, 0.25) is 5.02 Å². The summed E-state index contributed by atoms with van der Waals surface area (Å²) in [4.78, 5) is 4.92. The average Bonchev–Trinajstić information content (AvgIpc) is 2.92. The Labute approximate surface area is 209 Å². The van der Waals surface area contributed by atoms with Crippen LogP contribution in [0, 0.1) is 5.41 Å². The third-order valence-electron chi connectivity index (χ3n) is 6.61. The number of ether oxygens (including phenoxy) is 3. The van der Waals surface area contributed by atoms with Crippen LogP contribution in [0.5, 0.6) is 11.5 Å². The van der Waals surface area contributed by atoms with Crippen LogP contribution in [0.3, 0.4) is 0 Å². The van der Waals surface area contributed by atoms with Gasteiger partial charge in [0, 0.05) is 32.7 Å². The Hall–Kier alpha value is -1.66. The number of hydrogen-bond acceptors (Lipinski definition) is 5. The number of fused-ring (bicyclic) bond motifs is 1. The number of methoxy groups -OCH3 is 2. The van der Waals surface area contributed by atoms with Crippen molar-refractivity contribution in [3.63, 3.8) is 0 Å². The van der Waals surface area contributed by atoms with E-state index in [0.29, 0.717) is 0 Å². The predicted molar refractivity (Wildman–Crippen MR) is 138 cm³/mol. The molecule has 2 aliphatic rings. The van der Waals surface area contributed by atoms with E-state index in [-0.39, 0.29) is 23.9 Å². The Morgan fingerprint density at radius 2 is 1.70 bits per heavy atom. The molecule has 1 fully saturated rings. The molecule has 1 atom stereocenters. The first-order valence-corrected chi connectivity index (χ1v) is 11.9. The monoisotopic (exact) mass is 494 g/mol. The van der Waals surface area contributed by atoms with Gasteiger partial charge in [0.05, 0.1) is 37.6 Å². The second-order valence-electron chi connectivity index (χ2n) is 9.62. The van der Waals surface area contributed by atoms with Gasteiger partial charge in [-0.25, -0.2) is 0 Å². The average molecular weight is 495 g/mol. The summed E-state index contributed by atoms with van der Waals surface area (Å²) < 4.78 is 17.6. The van der Waals surface area contributed by atoms with Crippen molar-refractivity contribution < 1.29 is 14.2 Å². The van der Waals surface area contributed by atoms with Crippen molar-refractivity contribution in [3.05, 3.63) is 52.5 Å². The molecular weight excluding hydrogens is 459 g/mol. The number of hydrogen-bond donors (Lipinski definition) is 0. The van der Waals surface area contributed by atoms with E-state index in [9.17, 15) is 0 Å². The van der Waals surface area contributed by atoms with Crippen LogP contribution < -0.4 is 14.4 Å². The molecule has 33 heavy (non-hydrogen) atoms. The van der Waals surface area contributed by atoms with Crippen LogP contribution in [-0.4, -0.2) is 58.5 Å². The van der Waals surface area contributed by atoms with Gasteiger partial charge in [0.25, 0.3) is 0 Å². The van der Waals surface area contributed by atoms with Crippen molar-refractivity contribution in [2.45, 2.75) is 32.8 Å². The molecule has 0 bridgehead atoms. The Kier molecular flexibility index (Phi) is 8.79. The Bertz CT molecular complexity index is 930. The Balaban J connectivity index is 0.00000306. The highest BCUT2D eigenvalue weighted by molar-refractivity contribution is 6.33. The first-order chi connectivity index (χ1) is 15.4. The highest BCUT2D eigenvalue weighted by atomic mass is 35.5. The molecule has 1 unspecified atom stereocenters. The van der Waals surface area contributed by atoms with Gasteiger partial charge >= 0.3 is 0 Å². The molecule has 0 N–H and O–H groups in total. The molecule has 182 valence electrons. The molecule has 2 aromatic rings. The van der Waals surface area contributed by atoms with Crippen LogP contribution in [0.15, 0.2) is 36.4 Å². The summed E-state index contributed by atoms with van der Waals surface area (Å²) >= 11 is 6.40. The first kappa shape index (κ1) is 26.0. The summed E-state index contributed by atoms with van der Waals surface area (Å²) in [5.74, 6) is 1.56. The Morgan fingerprint density at radius 1 is 1.03 bits per heavy atom. The van der Waals surface area contributed by atoms with Crippen LogP contribution in [0.25, 0.3) is 0 Å². The lowest BCUT2D eigenvalue weighted by atomic mass is 9.85. The highest BCUT2D eigenvalue weighted by Crippen LogP contribution is 2.41. The smallest absolute Gasteiger partial charge is 0.161 e. The molecule has 2 heterocycles. The number of benzene rings is 2. The van der Waals surface area contributed by atoms with Crippen LogP contribution in [0.4, 0.5) is 5.69 Å². The fourth-order valence-electron chi connectivity index (χ4n) is 4.83. The van der Waals surface area contributed by atoms with E-state index in [4.69, 9.17) is 25.8 Å². The normalized spacial score (nSPS) is 20.4. The van der Waals surface area contributed by atoms with E-state index in [2.05, 4.69) is 47.9 Å². The standard InChI is InChI=1S/C26H35ClN2O3.ClH/c1-26(2)17-19-15-24(30-3)25(31-4)16-20(19)23(32-18-26)9-10-28-11-13-29(14-12-28)22-8-6-5-7-21(22)27;/h5-8,15-16,23H,9-14,17-18H2,1-4H3;1H. The quantitative estimate of drug-likeness (QED) is 0.519. The van der Waals surface area contributed by atoms with Gasteiger partial charge in [-0.05, 0) is 53.6 Å². The molecule has 0 aliphatic carbocycles. The van der Waals surface area contributed by atoms with Crippen LogP contribution in [-0.2, 0) is 11.2 Å². The van der Waals surface area contributed by atoms with E-state index in [1.807, 2.05) is 12.1 Å². The Morgan fingerprint density at radius 3 is 2.36 bits per heavy atom. The summed E-state index contributed by atoms with van der Waals surface area (Å²) in [5.41, 5.74) is 3.77. The fraction of sp³-hybridized carbons (Fsp3) is 0.538. The third-order valence-corrected chi connectivity index (χ3v) is 6.93. The van der Waals surface area contributed by atoms with Crippen molar-refractivity contribution >= 4 is 29.7 Å². The zero-order valence-corrected chi connectivity index (χ0v) is 21.7. The van der Waals surface area contributed by atoms with Crippen molar-refractivity contribution in [3.8, 4) is 11.5 Å². The second-order valence-corrected chi connectivity index (χ2v) is 10.0. The van der Waals surface area contributed by atoms with E-state index in [0.717, 1.165) is 74.4 Å². The SMILES string of the molecule is COc1cc2c(cc1OC)C(CCN1CCN(c3ccccc3Cl)CC1)OCC(C)(C)C2.Cl. The van der Waals surface area contributed by atoms with Crippen molar-refractivity contribution in [2.24, 2.45) is 5.41 Å². The molecule has 0 radical (unpaired) electrons. The molecular formula is C26H36Cl2N2O3. The number of anilines is 1. The fourth-order valence-corrected chi connectivity index (χ4v) is 5.09. The minimum atomic E-state index is 0. The lowest BCUT2D eigenvalue weighted by Gasteiger charge is -2.37. The zero-order chi connectivity index (χ0) is 22.7. The number of rotatable bonds is 6. The van der Waals surface area contributed by atoms with Gasteiger partial charge in [-0.2, -0.15) is 0 Å².